The maximum atomic E-state index is 14.7. The average Bonchev–Trinajstić information content (AvgIpc) is 3.75. The van der Waals surface area contributed by atoms with E-state index >= 15 is 0 Å². The van der Waals surface area contributed by atoms with Crippen molar-refractivity contribution in [1.82, 2.24) is 4.57 Å². The lowest BCUT2D eigenvalue weighted by Gasteiger charge is -2.19. The van der Waals surface area contributed by atoms with E-state index in [4.69, 9.17) is 5.11 Å². The molecule has 1 fully saturated rings. The molecule has 5 rings (SSSR count). The normalized spacial score (nSPS) is 14.2. The van der Waals surface area contributed by atoms with Gasteiger partial charge in [0.25, 0.3) is 5.91 Å². The Hall–Kier alpha value is -4.81. The number of carboxylic acids is 1. The number of anilines is 1. The Balaban J connectivity index is 1.70. The molecule has 1 amide bonds. The summed E-state index contributed by atoms with van der Waals surface area (Å²) in [5.74, 6) is -5.45. The Kier molecular flexibility index (Phi) is 9.16. The molecule has 45 heavy (non-hydrogen) atoms. The fourth-order valence-electron chi connectivity index (χ4n) is 5.53. The highest BCUT2D eigenvalue weighted by Crippen LogP contribution is 2.50. The lowest BCUT2D eigenvalue weighted by atomic mass is 9.95. The second-order valence-electron chi connectivity index (χ2n) is 11.1. The number of amides is 1. The Bertz CT molecular complexity index is 1740. The van der Waals surface area contributed by atoms with Crippen LogP contribution in [0.2, 0.25) is 0 Å². The third-order valence-corrected chi connectivity index (χ3v) is 7.69. The number of aromatic nitrogens is 1. The number of carbonyl (C=O) groups excluding carboxylic acids is 1. The van der Waals surface area contributed by atoms with Crippen molar-refractivity contribution in [3.63, 3.8) is 0 Å². The number of benzene rings is 3. The molecule has 6 N–H and O–H groups in total. The molecule has 1 aromatic heterocycles. The minimum absolute atomic E-state index is 0.00439. The van der Waals surface area contributed by atoms with Crippen LogP contribution < -0.4 is 5.32 Å². The number of halogens is 3. The summed E-state index contributed by atoms with van der Waals surface area (Å²) in [6.45, 7) is 0.0348. The number of aliphatic carboxylic acids is 1. The maximum absolute atomic E-state index is 14.7. The summed E-state index contributed by atoms with van der Waals surface area (Å²) < 4.78 is 44.5. The van der Waals surface area contributed by atoms with Gasteiger partial charge in [0.2, 0.25) is 0 Å². The third-order valence-electron chi connectivity index (χ3n) is 7.69. The van der Waals surface area contributed by atoms with E-state index < -0.39 is 53.7 Å². The monoisotopic (exact) mass is 624 g/mol. The number of phenols is 2. The number of hydrogen-bond acceptors (Lipinski definition) is 6. The molecule has 0 unspecified atom stereocenters. The zero-order valence-electron chi connectivity index (χ0n) is 23.9. The lowest BCUT2D eigenvalue weighted by molar-refractivity contribution is -0.139. The number of carboxylic acid groups (broad SMARTS) is 1. The Morgan fingerprint density at radius 3 is 2.20 bits per heavy atom. The van der Waals surface area contributed by atoms with E-state index in [-0.39, 0.29) is 53.4 Å². The highest BCUT2D eigenvalue weighted by molar-refractivity contribution is 6.13. The van der Waals surface area contributed by atoms with E-state index in [1.807, 2.05) is 0 Å². The summed E-state index contributed by atoms with van der Waals surface area (Å²) in [7, 11) is 0. The van der Waals surface area contributed by atoms with E-state index in [0.717, 1.165) is 18.2 Å². The Labute approximate surface area is 255 Å². The number of carbonyl (C=O) groups is 2. The fourth-order valence-corrected chi connectivity index (χ4v) is 5.53. The molecular weight excluding hydrogens is 593 g/mol. The molecule has 3 aromatic carbocycles. The molecule has 0 radical (unpaired) electrons. The summed E-state index contributed by atoms with van der Waals surface area (Å²) >= 11 is 0. The number of rotatable bonds is 12. The van der Waals surface area contributed by atoms with E-state index in [0.29, 0.717) is 29.8 Å². The van der Waals surface area contributed by atoms with Gasteiger partial charge in [-0.3, -0.25) is 9.59 Å². The van der Waals surface area contributed by atoms with Crippen LogP contribution in [0.1, 0.15) is 54.1 Å². The first-order valence-corrected chi connectivity index (χ1v) is 14.3. The van der Waals surface area contributed by atoms with Crippen LogP contribution in [0.5, 0.6) is 11.5 Å². The molecule has 0 bridgehead atoms. The number of nitrogens with zero attached hydrogens (tertiary/aromatic N) is 1. The van der Waals surface area contributed by atoms with Crippen molar-refractivity contribution < 1.29 is 48.3 Å². The number of aliphatic hydroxyl groups excluding tert-OH is 2. The van der Waals surface area contributed by atoms with Crippen molar-refractivity contribution in [1.29, 1.82) is 0 Å². The summed E-state index contributed by atoms with van der Waals surface area (Å²) in [4.78, 5) is 25.1. The van der Waals surface area contributed by atoms with Gasteiger partial charge in [-0.15, -0.1) is 0 Å². The van der Waals surface area contributed by atoms with Gasteiger partial charge in [-0.05, 0) is 73.7 Å². The van der Waals surface area contributed by atoms with Crippen molar-refractivity contribution in [2.75, 3.05) is 5.32 Å². The predicted molar refractivity (Wildman–Crippen MR) is 158 cm³/mol. The molecule has 1 aliphatic rings. The quantitative estimate of drug-likeness (QED) is 0.0866. The fraction of sp³-hybridized carbons (Fsp3) is 0.273. The molecule has 236 valence electrons. The van der Waals surface area contributed by atoms with Crippen LogP contribution in [0.3, 0.4) is 0 Å². The number of aliphatic hydroxyl groups is 2. The molecule has 9 nitrogen and oxygen atoms in total. The highest BCUT2D eigenvalue weighted by Gasteiger charge is 2.37. The smallest absolute Gasteiger partial charge is 0.305 e. The van der Waals surface area contributed by atoms with Crippen LogP contribution in [0.4, 0.5) is 18.9 Å². The molecule has 4 aromatic rings. The van der Waals surface area contributed by atoms with Gasteiger partial charge in [0, 0.05) is 35.3 Å². The SMILES string of the molecule is O=C(O)C[C@H](O)C[C@H](O)CCn1c(-c2ccc(F)c(F)c2)c(-c2ccc(F)cc2)c(C(=O)Nc2ccc(O)cc2O)c1C1CC1. The number of nitrogens with one attached hydrogen (secondary N) is 1. The Morgan fingerprint density at radius 2 is 1.58 bits per heavy atom. The molecule has 1 heterocycles. The van der Waals surface area contributed by atoms with Crippen LogP contribution in [-0.2, 0) is 11.3 Å². The van der Waals surface area contributed by atoms with Crippen molar-refractivity contribution in [2.24, 2.45) is 0 Å². The van der Waals surface area contributed by atoms with Crippen LogP contribution in [0, 0.1) is 17.5 Å². The topological polar surface area (TPSA) is 152 Å². The highest BCUT2D eigenvalue weighted by atomic mass is 19.2. The molecule has 0 saturated heterocycles. The van der Waals surface area contributed by atoms with Gasteiger partial charge in [0.05, 0.1) is 35.6 Å². The van der Waals surface area contributed by atoms with Crippen molar-refractivity contribution in [3.05, 3.63) is 89.4 Å². The summed E-state index contributed by atoms with van der Waals surface area (Å²) in [5.41, 5.74) is 1.80. The van der Waals surface area contributed by atoms with Crippen molar-refractivity contribution >= 4 is 17.6 Å². The lowest BCUT2D eigenvalue weighted by Crippen LogP contribution is -2.22. The van der Waals surface area contributed by atoms with Crippen LogP contribution in [0.25, 0.3) is 22.4 Å². The van der Waals surface area contributed by atoms with Crippen LogP contribution in [0.15, 0.2) is 60.7 Å². The molecule has 0 aliphatic heterocycles. The summed E-state index contributed by atoms with van der Waals surface area (Å²) in [6.07, 6.45) is -1.85. The average molecular weight is 625 g/mol. The van der Waals surface area contributed by atoms with Gasteiger partial charge >= 0.3 is 5.97 Å². The molecule has 1 aliphatic carbocycles. The van der Waals surface area contributed by atoms with Gasteiger partial charge in [0.1, 0.15) is 17.3 Å². The van der Waals surface area contributed by atoms with Crippen molar-refractivity contribution in [3.8, 4) is 33.9 Å². The van der Waals surface area contributed by atoms with Gasteiger partial charge in [0.15, 0.2) is 11.6 Å². The molecular formula is C33H31F3N2O7. The second kappa shape index (κ2) is 13.0. The third kappa shape index (κ3) is 7.13. The molecule has 12 heteroatoms. The van der Waals surface area contributed by atoms with E-state index in [2.05, 4.69) is 5.32 Å². The number of hydrogen-bond donors (Lipinski definition) is 6. The predicted octanol–water partition coefficient (Wildman–Crippen LogP) is 5.76. The van der Waals surface area contributed by atoms with E-state index in [1.165, 1.54) is 42.5 Å². The second-order valence-corrected chi connectivity index (χ2v) is 11.1. The van der Waals surface area contributed by atoms with Gasteiger partial charge < -0.3 is 35.4 Å². The first-order valence-electron chi connectivity index (χ1n) is 14.3. The van der Waals surface area contributed by atoms with E-state index in [9.17, 15) is 43.2 Å². The minimum atomic E-state index is -1.30. The van der Waals surface area contributed by atoms with Crippen molar-refractivity contribution in [2.45, 2.75) is 56.8 Å². The maximum Gasteiger partial charge on any atom is 0.305 e. The standard InChI is InChI=1S/C33H31F3N2O7/c34-20-6-3-17(4-7-20)29-30(33(45)37-26-10-8-21(39)15-27(26)42)31(18-1-2-18)38(12-11-22(40)14-23(41)16-28(43)44)32(29)19-5-9-24(35)25(36)13-19/h3-10,13,15,18,22-23,39-42H,1-2,11-12,14,16H2,(H,37,45)(H,43,44)/t22-,23-/m1/s1. The summed E-state index contributed by atoms with van der Waals surface area (Å²) in [6, 6.07) is 12.2. The minimum Gasteiger partial charge on any atom is -0.508 e. The molecule has 2 atom stereocenters. The Morgan fingerprint density at radius 1 is 0.889 bits per heavy atom. The van der Waals surface area contributed by atoms with E-state index in [1.54, 1.807) is 4.57 Å². The molecule has 0 spiro atoms. The zero-order chi connectivity index (χ0) is 32.4. The molecule has 1 saturated carbocycles. The first kappa shape index (κ1) is 31.6. The van der Waals surface area contributed by atoms with Crippen LogP contribution >= 0.6 is 0 Å². The summed E-state index contributed by atoms with van der Waals surface area (Å²) in [5, 5.41) is 52.5. The number of aromatic hydroxyl groups is 2. The number of phenolic OH excluding ortho intramolecular Hbond substituents is 2. The van der Waals surface area contributed by atoms with Crippen LogP contribution in [-0.4, -0.2) is 54.2 Å². The first-order chi connectivity index (χ1) is 21.4. The van der Waals surface area contributed by atoms with Gasteiger partial charge in [-0.2, -0.15) is 0 Å². The largest absolute Gasteiger partial charge is 0.508 e. The zero-order valence-corrected chi connectivity index (χ0v) is 23.9. The van der Waals surface area contributed by atoms with Gasteiger partial charge in [-0.25, -0.2) is 13.2 Å². The van der Waals surface area contributed by atoms with Gasteiger partial charge in [-0.1, -0.05) is 12.1 Å².